The molecule has 0 saturated heterocycles. The summed E-state index contributed by atoms with van der Waals surface area (Å²) in [5.41, 5.74) is 0. The van der Waals surface area contributed by atoms with Crippen LogP contribution in [-0.2, 0) is 4.79 Å². The molecule has 0 aliphatic heterocycles. The molecule has 0 aliphatic carbocycles. The molecule has 0 spiro atoms. The van der Waals surface area contributed by atoms with Crippen molar-refractivity contribution in [3.8, 4) is 0 Å². The van der Waals surface area contributed by atoms with E-state index in [4.69, 9.17) is 10.2 Å². The molecule has 0 aromatic rings. The first-order chi connectivity index (χ1) is 4.04. The van der Waals surface area contributed by atoms with Crippen molar-refractivity contribution >= 4 is 5.97 Å². The summed E-state index contributed by atoms with van der Waals surface area (Å²) in [4.78, 5) is 9.88. The lowest BCUT2D eigenvalue weighted by Crippen LogP contribution is -1.97. The van der Waals surface area contributed by atoms with Gasteiger partial charge in [0, 0.05) is 5.92 Å². The molecule has 3 heteroatoms. The zero-order valence-corrected chi connectivity index (χ0v) is 5.46. The summed E-state index contributed by atoms with van der Waals surface area (Å²) in [5, 5.41) is 16.9. The Morgan fingerprint density at radius 2 is 1.89 bits per heavy atom. The van der Waals surface area contributed by atoms with Gasteiger partial charge >= 0.3 is 5.97 Å². The number of rotatable bonds is 2. The van der Waals surface area contributed by atoms with Gasteiger partial charge in [-0.3, -0.25) is 0 Å². The van der Waals surface area contributed by atoms with Crippen LogP contribution in [0.15, 0.2) is 11.8 Å². The standard InChI is InChI=1S/C6H10O3/c1-4(2)5(7)3-6(8)9/h3-4,7H,1-2H3,(H,8,9)/b5-3-. The van der Waals surface area contributed by atoms with Crippen LogP contribution in [0.1, 0.15) is 13.8 Å². The summed E-state index contributed by atoms with van der Waals surface area (Å²) in [6, 6.07) is 0. The SMILES string of the molecule is CC(C)/C(O)=C/C(=O)O. The second kappa shape index (κ2) is 3.12. The molecule has 0 unspecified atom stereocenters. The monoisotopic (exact) mass is 130 g/mol. The number of allylic oxidation sites excluding steroid dienone is 1. The van der Waals surface area contributed by atoms with E-state index in [1.165, 1.54) is 0 Å². The van der Waals surface area contributed by atoms with Crippen LogP contribution in [0, 0.1) is 5.92 Å². The molecular weight excluding hydrogens is 120 g/mol. The van der Waals surface area contributed by atoms with Gasteiger partial charge < -0.3 is 10.2 Å². The van der Waals surface area contributed by atoms with Crippen LogP contribution in [0.25, 0.3) is 0 Å². The third-order valence-corrected chi connectivity index (χ3v) is 0.863. The first-order valence-corrected chi connectivity index (χ1v) is 2.67. The summed E-state index contributed by atoms with van der Waals surface area (Å²) in [6.45, 7) is 3.43. The van der Waals surface area contributed by atoms with Crippen LogP contribution in [0.5, 0.6) is 0 Å². The Labute approximate surface area is 53.6 Å². The Bertz CT molecular complexity index is 135. The molecule has 0 fully saturated rings. The van der Waals surface area contributed by atoms with Gasteiger partial charge in [-0.15, -0.1) is 0 Å². The van der Waals surface area contributed by atoms with E-state index < -0.39 is 5.97 Å². The van der Waals surface area contributed by atoms with Gasteiger partial charge in [0.15, 0.2) is 0 Å². The Hall–Kier alpha value is -0.990. The molecule has 2 N–H and O–H groups in total. The molecule has 9 heavy (non-hydrogen) atoms. The highest BCUT2D eigenvalue weighted by atomic mass is 16.4. The Balaban J connectivity index is 4.00. The van der Waals surface area contributed by atoms with E-state index in [1.54, 1.807) is 13.8 Å². The van der Waals surface area contributed by atoms with Crippen molar-refractivity contribution in [3.63, 3.8) is 0 Å². The van der Waals surface area contributed by atoms with Gasteiger partial charge in [0.1, 0.15) is 5.76 Å². The average Bonchev–Trinajstić information content (AvgIpc) is 1.63. The highest BCUT2D eigenvalue weighted by Gasteiger charge is 2.00. The van der Waals surface area contributed by atoms with Crippen molar-refractivity contribution in [2.45, 2.75) is 13.8 Å². The second-order valence-corrected chi connectivity index (χ2v) is 2.06. The van der Waals surface area contributed by atoms with Crippen molar-refractivity contribution in [2.24, 2.45) is 5.92 Å². The molecule has 0 aromatic carbocycles. The van der Waals surface area contributed by atoms with Crippen LogP contribution >= 0.6 is 0 Å². The molecule has 3 nitrogen and oxygen atoms in total. The third kappa shape index (κ3) is 3.58. The van der Waals surface area contributed by atoms with Crippen LogP contribution in [0.2, 0.25) is 0 Å². The molecule has 0 atom stereocenters. The molecule has 0 rings (SSSR count). The fraction of sp³-hybridized carbons (Fsp3) is 0.500. The van der Waals surface area contributed by atoms with Crippen molar-refractivity contribution in [2.75, 3.05) is 0 Å². The van der Waals surface area contributed by atoms with Gasteiger partial charge in [-0.1, -0.05) is 13.8 Å². The Morgan fingerprint density at radius 1 is 1.44 bits per heavy atom. The van der Waals surface area contributed by atoms with E-state index in [0.717, 1.165) is 6.08 Å². The molecule has 52 valence electrons. The lowest BCUT2D eigenvalue weighted by molar-refractivity contribution is -0.131. The molecule has 0 amide bonds. The topological polar surface area (TPSA) is 57.5 Å². The van der Waals surface area contributed by atoms with Crippen molar-refractivity contribution in [3.05, 3.63) is 11.8 Å². The smallest absolute Gasteiger partial charge is 0.331 e. The fourth-order valence-corrected chi connectivity index (χ4v) is 0.293. The number of hydrogen-bond donors (Lipinski definition) is 2. The van der Waals surface area contributed by atoms with E-state index in [9.17, 15) is 4.79 Å². The Morgan fingerprint density at radius 3 is 2.00 bits per heavy atom. The van der Waals surface area contributed by atoms with Crippen molar-refractivity contribution < 1.29 is 15.0 Å². The van der Waals surface area contributed by atoms with Crippen molar-refractivity contribution in [1.29, 1.82) is 0 Å². The maximum Gasteiger partial charge on any atom is 0.331 e. The zero-order valence-electron chi connectivity index (χ0n) is 5.46. The summed E-state index contributed by atoms with van der Waals surface area (Å²) < 4.78 is 0. The second-order valence-electron chi connectivity index (χ2n) is 2.06. The van der Waals surface area contributed by atoms with Gasteiger partial charge in [-0.05, 0) is 0 Å². The first-order valence-electron chi connectivity index (χ1n) is 2.67. The number of hydrogen-bond acceptors (Lipinski definition) is 2. The van der Waals surface area contributed by atoms with Crippen LogP contribution in [0.3, 0.4) is 0 Å². The van der Waals surface area contributed by atoms with Gasteiger partial charge in [-0.2, -0.15) is 0 Å². The summed E-state index contributed by atoms with van der Waals surface area (Å²) in [5.74, 6) is -1.31. The number of carbonyl (C=O) groups is 1. The minimum Gasteiger partial charge on any atom is -0.512 e. The predicted octanol–water partition coefficient (Wildman–Crippen LogP) is 1.17. The molecular formula is C6H10O3. The Kier molecular flexibility index (Phi) is 2.78. The maximum atomic E-state index is 9.88. The van der Waals surface area contributed by atoms with Crippen LogP contribution in [-0.4, -0.2) is 16.2 Å². The number of carboxylic acid groups (broad SMARTS) is 1. The minimum absolute atomic E-state index is 0.0949. The van der Waals surface area contributed by atoms with E-state index in [2.05, 4.69) is 0 Å². The van der Waals surface area contributed by atoms with E-state index in [-0.39, 0.29) is 11.7 Å². The summed E-state index contributed by atoms with van der Waals surface area (Å²) in [7, 11) is 0. The molecule has 0 aliphatic rings. The normalized spacial score (nSPS) is 12.1. The highest BCUT2D eigenvalue weighted by molar-refractivity contribution is 5.80. The van der Waals surface area contributed by atoms with Crippen molar-refractivity contribution in [1.82, 2.24) is 0 Å². The van der Waals surface area contributed by atoms with Gasteiger partial charge in [0.2, 0.25) is 0 Å². The largest absolute Gasteiger partial charge is 0.512 e. The minimum atomic E-state index is -1.11. The quantitative estimate of drug-likeness (QED) is 0.435. The predicted molar refractivity (Wildman–Crippen MR) is 33.2 cm³/mol. The van der Waals surface area contributed by atoms with E-state index in [0.29, 0.717) is 0 Å². The summed E-state index contributed by atoms with van der Waals surface area (Å²) in [6.07, 6.45) is 0.796. The van der Waals surface area contributed by atoms with E-state index in [1.807, 2.05) is 0 Å². The first kappa shape index (κ1) is 8.01. The molecule has 0 heterocycles. The zero-order chi connectivity index (χ0) is 7.44. The number of aliphatic carboxylic acids is 1. The fourth-order valence-electron chi connectivity index (χ4n) is 0.293. The number of aliphatic hydroxyl groups is 1. The molecule has 0 radical (unpaired) electrons. The molecule has 0 aromatic heterocycles. The van der Waals surface area contributed by atoms with Gasteiger partial charge in [0.25, 0.3) is 0 Å². The summed E-state index contributed by atoms with van der Waals surface area (Å²) >= 11 is 0. The van der Waals surface area contributed by atoms with Crippen LogP contribution < -0.4 is 0 Å². The average molecular weight is 130 g/mol. The molecule has 0 saturated carbocycles. The maximum absolute atomic E-state index is 9.88. The highest BCUT2D eigenvalue weighted by Crippen LogP contribution is 2.03. The third-order valence-electron chi connectivity index (χ3n) is 0.863. The number of carboxylic acids is 1. The lowest BCUT2D eigenvalue weighted by Gasteiger charge is -1.99. The lowest BCUT2D eigenvalue weighted by atomic mass is 10.2. The van der Waals surface area contributed by atoms with Crippen LogP contribution in [0.4, 0.5) is 0 Å². The molecule has 0 bridgehead atoms. The number of aliphatic hydroxyl groups excluding tert-OH is 1. The van der Waals surface area contributed by atoms with Gasteiger partial charge in [-0.25, -0.2) is 4.79 Å². The van der Waals surface area contributed by atoms with E-state index >= 15 is 0 Å². The van der Waals surface area contributed by atoms with Gasteiger partial charge in [0.05, 0.1) is 6.08 Å².